The Bertz CT molecular complexity index is 748. The average molecular weight is 679 g/mol. The molecule has 0 bridgehead atoms. The summed E-state index contributed by atoms with van der Waals surface area (Å²) in [6.07, 6.45) is 37.6. The summed E-state index contributed by atoms with van der Waals surface area (Å²) in [5.41, 5.74) is 0. The summed E-state index contributed by atoms with van der Waals surface area (Å²) in [7, 11) is 0. The van der Waals surface area contributed by atoms with Gasteiger partial charge in [-0.2, -0.15) is 0 Å². The highest BCUT2D eigenvalue weighted by molar-refractivity contribution is 5.71. The van der Waals surface area contributed by atoms with Crippen LogP contribution in [0.25, 0.3) is 0 Å². The number of esters is 3. The maximum atomic E-state index is 12.6. The number of unbranched alkanes of at least 4 members (excludes halogenated alkanes) is 24. The van der Waals surface area contributed by atoms with Crippen LogP contribution in [0.4, 0.5) is 0 Å². The van der Waals surface area contributed by atoms with E-state index in [-0.39, 0.29) is 31.1 Å². The molecule has 0 rings (SSSR count). The number of rotatable bonds is 37. The molecule has 0 spiro atoms. The molecule has 0 aliphatic heterocycles. The molecule has 0 N–H and O–H groups in total. The fourth-order valence-electron chi connectivity index (χ4n) is 5.85. The van der Waals surface area contributed by atoms with Gasteiger partial charge < -0.3 is 14.2 Å². The maximum Gasteiger partial charge on any atom is 0.306 e. The zero-order chi connectivity index (χ0) is 35.2. The lowest BCUT2D eigenvalue weighted by Gasteiger charge is -2.18. The van der Waals surface area contributed by atoms with Crippen LogP contribution < -0.4 is 0 Å². The van der Waals surface area contributed by atoms with Gasteiger partial charge in [0.2, 0.25) is 0 Å². The monoisotopic (exact) mass is 679 g/mol. The Hall–Kier alpha value is -1.85. The van der Waals surface area contributed by atoms with Crippen LogP contribution in [0.1, 0.15) is 220 Å². The van der Waals surface area contributed by atoms with Gasteiger partial charge in [-0.25, -0.2) is 0 Å². The first-order chi connectivity index (χ1) is 23.5. The number of carbonyl (C=O) groups excluding carboxylic acids is 3. The molecule has 0 aromatic carbocycles. The largest absolute Gasteiger partial charge is 0.462 e. The number of allylic oxidation sites excluding steroid dienone is 2. The summed E-state index contributed by atoms with van der Waals surface area (Å²) in [4.78, 5) is 37.4. The van der Waals surface area contributed by atoms with E-state index in [1.807, 2.05) is 0 Å². The lowest BCUT2D eigenvalue weighted by atomic mass is 10.1. The van der Waals surface area contributed by atoms with Crippen LogP contribution in [0, 0.1) is 0 Å². The second kappa shape index (κ2) is 38.0. The van der Waals surface area contributed by atoms with Gasteiger partial charge in [-0.1, -0.05) is 168 Å². The minimum absolute atomic E-state index is 0.0694. The Kier molecular flexibility index (Phi) is 36.5. The van der Waals surface area contributed by atoms with Crippen LogP contribution in [0.5, 0.6) is 0 Å². The van der Waals surface area contributed by atoms with Crippen molar-refractivity contribution in [1.82, 2.24) is 0 Å². The number of hydrogen-bond donors (Lipinski definition) is 0. The highest BCUT2D eigenvalue weighted by atomic mass is 16.6. The van der Waals surface area contributed by atoms with Crippen LogP contribution in [0.15, 0.2) is 12.2 Å². The molecule has 0 aromatic rings. The van der Waals surface area contributed by atoms with Gasteiger partial charge in [-0.15, -0.1) is 0 Å². The van der Waals surface area contributed by atoms with Crippen molar-refractivity contribution in [3.63, 3.8) is 0 Å². The molecule has 0 fully saturated rings. The molecule has 0 unspecified atom stereocenters. The molecular formula is C42H78O6. The molecule has 0 saturated heterocycles. The third-order valence-corrected chi connectivity index (χ3v) is 9.02. The Morgan fingerprint density at radius 3 is 1.08 bits per heavy atom. The lowest BCUT2D eigenvalue weighted by Crippen LogP contribution is -2.30. The quantitative estimate of drug-likeness (QED) is 0.0282. The predicted molar refractivity (Wildman–Crippen MR) is 201 cm³/mol. The first-order valence-corrected chi connectivity index (χ1v) is 20.7. The SMILES string of the molecule is CCCCC/C=C\CCCCCCCC(=O)OC[C@@H](COC(=O)CCCCCCCCCCC)OC(=O)CCCCCCCCCCC. The van der Waals surface area contributed by atoms with E-state index in [1.54, 1.807) is 0 Å². The number of hydrogen-bond acceptors (Lipinski definition) is 6. The Morgan fingerprint density at radius 2 is 0.688 bits per heavy atom. The molecule has 282 valence electrons. The van der Waals surface area contributed by atoms with E-state index in [9.17, 15) is 14.4 Å². The second-order valence-corrected chi connectivity index (χ2v) is 13.9. The lowest BCUT2D eigenvalue weighted by molar-refractivity contribution is -0.167. The van der Waals surface area contributed by atoms with Crippen molar-refractivity contribution in [3.8, 4) is 0 Å². The molecule has 48 heavy (non-hydrogen) atoms. The zero-order valence-electron chi connectivity index (χ0n) is 32.0. The van der Waals surface area contributed by atoms with Crippen molar-refractivity contribution < 1.29 is 28.6 Å². The molecule has 1 atom stereocenters. The van der Waals surface area contributed by atoms with Crippen molar-refractivity contribution in [3.05, 3.63) is 12.2 Å². The maximum absolute atomic E-state index is 12.6. The molecule has 0 saturated carbocycles. The molecule has 0 amide bonds. The van der Waals surface area contributed by atoms with Gasteiger partial charge in [-0.05, 0) is 44.9 Å². The smallest absolute Gasteiger partial charge is 0.306 e. The van der Waals surface area contributed by atoms with Crippen molar-refractivity contribution in [2.24, 2.45) is 0 Å². The summed E-state index contributed by atoms with van der Waals surface area (Å²) in [6.45, 7) is 6.56. The fraction of sp³-hybridized carbons (Fsp3) is 0.881. The third-order valence-electron chi connectivity index (χ3n) is 9.02. The van der Waals surface area contributed by atoms with Gasteiger partial charge in [0.05, 0.1) is 0 Å². The van der Waals surface area contributed by atoms with E-state index in [0.717, 1.165) is 64.2 Å². The molecule has 6 nitrogen and oxygen atoms in total. The standard InChI is InChI=1S/C42H78O6/c1-4-7-10-13-16-19-20-21-24-26-29-32-35-41(44)47-38-39(48-42(45)36-33-30-27-23-18-15-12-9-6-3)37-46-40(43)34-31-28-25-22-17-14-11-8-5-2/h16,19,39H,4-15,17-18,20-38H2,1-3H3/b19-16-/t39-/m1/s1. The highest BCUT2D eigenvalue weighted by Gasteiger charge is 2.19. The van der Waals surface area contributed by atoms with Crippen LogP contribution in [0.3, 0.4) is 0 Å². The molecule has 6 heteroatoms. The zero-order valence-corrected chi connectivity index (χ0v) is 32.0. The highest BCUT2D eigenvalue weighted by Crippen LogP contribution is 2.14. The minimum Gasteiger partial charge on any atom is -0.462 e. The van der Waals surface area contributed by atoms with Crippen molar-refractivity contribution in [1.29, 1.82) is 0 Å². The molecule has 0 aliphatic rings. The van der Waals surface area contributed by atoms with E-state index < -0.39 is 6.10 Å². The molecule has 0 aliphatic carbocycles. The van der Waals surface area contributed by atoms with E-state index in [0.29, 0.717) is 19.3 Å². The van der Waals surface area contributed by atoms with Crippen LogP contribution in [0.2, 0.25) is 0 Å². The van der Waals surface area contributed by atoms with Crippen molar-refractivity contribution in [2.45, 2.75) is 226 Å². The van der Waals surface area contributed by atoms with Gasteiger partial charge in [0.15, 0.2) is 6.10 Å². The fourth-order valence-corrected chi connectivity index (χ4v) is 5.85. The Morgan fingerprint density at radius 1 is 0.396 bits per heavy atom. The normalized spacial score (nSPS) is 12.0. The van der Waals surface area contributed by atoms with Gasteiger partial charge in [0, 0.05) is 19.3 Å². The average Bonchev–Trinajstić information content (AvgIpc) is 3.08. The molecule has 0 radical (unpaired) electrons. The Balaban J connectivity index is 4.34. The first kappa shape index (κ1) is 46.1. The summed E-state index contributed by atoms with van der Waals surface area (Å²) in [5, 5.41) is 0. The van der Waals surface area contributed by atoms with Gasteiger partial charge >= 0.3 is 17.9 Å². The summed E-state index contributed by atoms with van der Waals surface area (Å²) in [6, 6.07) is 0. The van der Waals surface area contributed by atoms with E-state index in [1.165, 1.54) is 116 Å². The summed E-state index contributed by atoms with van der Waals surface area (Å²) < 4.78 is 16.6. The predicted octanol–water partition coefficient (Wildman–Crippen LogP) is 12.7. The first-order valence-electron chi connectivity index (χ1n) is 20.7. The summed E-state index contributed by atoms with van der Waals surface area (Å²) in [5.74, 6) is -0.882. The van der Waals surface area contributed by atoms with Crippen molar-refractivity contribution in [2.75, 3.05) is 13.2 Å². The number of ether oxygens (including phenoxy) is 3. The summed E-state index contributed by atoms with van der Waals surface area (Å²) >= 11 is 0. The molecular weight excluding hydrogens is 600 g/mol. The van der Waals surface area contributed by atoms with Gasteiger partial charge in [0.1, 0.15) is 13.2 Å². The molecule has 0 aromatic heterocycles. The van der Waals surface area contributed by atoms with Crippen molar-refractivity contribution >= 4 is 17.9 Å². The van der Waals surface area contributed by atoms with E-state index in [2.05, 4.69) is 32.9 Å². The minimum atomic E-state index is -0.762. The number of carbonyl (C=O) groups is 3. The van der Waals surface area contributed by atoms with E-state index >= 15 is 0 Å². The van der Waals surface area contributed by atoms with Crippen LogP contribution >= 0.6 is 0 Å². The topological polar surface area (TPSA) is 78.9 Å². The third kappa shape index (κ3) is 35.5. The Labute approximate surface area is 297 Å². The van der Waals surface area contributed by atoms with Crippen LogP contribution in [-0.4, -0.2) is 37.2 Å². The van der Waals surface area contributed by atoms with Gasteiger partial charge in [-0.3, -0.25) is 14.4 Å². The van der Waals surface area contributed by atoms with E-state index in [4.69, 9.17) is 14.2 Å². The second-order valence-electron chi connectivity index (χ2n) is 13.9. The van der Waals surface area contributed by atoms with Crippen LogP contribution in [-0.2, 0) is 28.6 Å². The van der Waals surface area contributed by atoms with Gasteiger partial charge in [0.25, 0.3) is 0 Å². The molecule has 0 heterocycles.